The lowest BCUT2D eigenvalue weighted by molar-refractivity contribution is -0.150. The second-order valence-electron chi connectivity index (χ2n) is 4.55. The van der Waals surface area contributed by atoms with Crippen molar-refractivity contribution >= 4 is 22.6 Å². The molecule has 2 heterocycles. The Balaban J connectivity index is 2.16. The fourth-order valence-electron chi connectivity index (χ4n) is 2.32. The number of nitrogens with one attached hydrogen (secondary N) is 1. The number of aromatic hydroxyl groups is 1. The molecule has 0 spiro atoms. The van der Waals surface area contributed by atoms with E-state index in [2.05, 4.69) is 0 Å². The molecular formula is C13H11FN2O3. The topological polar surface area (TPSA) is 71.3 Å². The van der Waals surface area contributed by atoms with Gasteiger partial charge in [-0.05, 0) is 6.07 Å². The maximum Gasteiger partial charge on any atom is 0.285 e. The Kier molecular flexibility index (Phi) is 2.35. The molecule has 2 aromatic rings. The van der Waals surface area contributed by atoms with Gasteiger partial charge in [0.1, 0.15) is 0 Å². The van der Waals surface area contributed by atoms with E-state index in [9.17, 15) is 19.1 Å². The first-order valence-corrected chi connectivity index (χ1v) is 5.85. The predicted molar refractivity (Wildman–Crippen MR) is 65.1 cm³/mol. The number of imide groups is 1. The van der Waals surface area contributed by atoms with Crippen molar-refractivity contribution in [3.8, 4) is 5.88 Å². The second kappa shape index (κ2) is 3.81. The first-order valence-electron chi connectivity index (χ1n) is 5.85. The normalized spacial score (nSPS) is 23.6. The summed E-state index contributed by atoms with van der Waals surface area (Å²) < 4.78 is 15.7. The van der Waals surface area contributed by atoms with Crippen LogP contribution in [0.1, 0.15) is 12.8 Å². The highest BCUT2D eigenvalue weighted by Crippen LogP contribution is 2.37. The van der Waals surface area contributed by atoms with Crippen molar-refractivity contribution in [1.82, 2.24) is 9.88 Å². The molecule has 0 bridgehead atoms. The highest BCUT2D eigenvalue weighted by atomic mass is 19.1. The van der Waals surface area contributed by atoms with Crippen LogP contribution in [0.25, 0.3) is 10.8 Å². The highest BCUT2D eigenvalue weighted by Gasteiger charge is 2.46. The van der Waals surface area contributed by atoms with Crippen molar-refractivity contribution in [3.63, 3.8) is 0 Å². The number of hydrogen-bond donors (Lipinski definition) is 2. The van der Waals surface area contributed by atoms with Crippen molar-refractivity contribution < 1.29 is 19.1 Å². The Hall–Kier alpha value is -2.37. The number of amides is 2. The van der Waals surface area contributed by atoms with Crippen LogP contribution in [-0.4, -0.2) is 21.5 Å². The van der Waals surface area contributed by atoms with Crippen molar-refractivity contribution in [2.24, 2.45) is 0 Å². The molecule has 19 heavy (non-hydrogen) atoms. The fourth-order valence-corrected chi connectivity index (χ4v) is 2.32. The number of aromatic nitrogens is 1. The van der Waals surface area contributed by atoms with Gasteiger partial charge in [-0.25, -0.2) is 4.39 Å². The Labute approximate surface area is 107 Å². The molecule has 3 rings (SSSR count). The van der Waals surface area contributed by atoms with Gasteiger partial charge in [0.25, 0.3) is 11.7 Å². The standard InChI is InChI=1S/C13H11FN2O3/c14-13(6-5-10(17)15-12(13)19)16-7-8-3-1-2-4-9(8)11(16)18/h1-4,7,18H,5-6H2,(H,15,17,19). The van der Waals surface area contributed by atoms with Gasteiger partial charge in [0.15, 0.2) is 0 Å². The summed E-state index contributed by atoms with van der Waals surface area (Å²) in [6.45, 7) is 0. The van der Waals surface area contributed by atoms with Gasteiger partial charge < -0.3 is 5.11 Å². The summed E-state index contributed by atoms with van der Waals surface area (Å²) >= 11 is 0. The molecule has 1 aromatic heterocycles. The second-order valence-corrected chi connectivity index (χ2v) is 4.55. The number of alkyl halides is 1. The van der Waals surface area contributed by atoms with Crippen molar-refractivity contribution in [3.05, 3.63) is 30.5 Å². The number of carbonyl (C=O) groups excluding carboxylic acids is 2. The zero-order valence-electron chi connectivity index (χ0n) is 9.89. The third kappa shape index (κ3) is 1.60. The number of carbonyl (C=O) groups is 2. The quantitative estimate of drug-likeness (QED) is 0.763. The molecule has 1 fully saturated rings. The van der Waals surface area contributed by atoms with E-state index in [1.165, 1.54) is 6.20 Å². The lowest BCUT2D eigenvalue weighted by Gasteiger charge is -2.29. The van der Waals surface area contributed by atoms with Crippen LogP contribution in [0.4, 0.5) is 4.39 Å². The molecular weight excluding hydrogens is 251 g/mol. The molecule has 0 aliphatic carbocycles. The minimum Gasteiger partial charge on any atom is -0.494 e. The molecule has 1 aliphatic heterocycles. The van der Waals surface area contributed by atoms with Crippen LogP contribution in [0, 0.1) is 0 Å². The van der Waals surface area contributed by atoms with Gasteiger partial charge in [-0.15, -0.1) is 0 Å². The van der Waals surface area contributed by atoms with Gasteiger partial charge >= 0.3 is 0 Å². The summed E-state index contributed by atoms with van der Waals surface area (Å²) in [6, 6.07) is 6.81. The van der Waals surface area contributed by atoms with Crippen LogP contribution >= 0.6 is 0 Å². The molecule has 0 radical (unpaired) electrons. The maximum atomic E-state index is 14.8. The molecule has 1 aliphatic rings. The van der Waals surface area contributed by atoms with E-state index in [4.69, 9.17) is 0 Å². The highest BCUT2D eigenvalue weighted by molar-refractivity contribution is 6.01. The summed E-state index contributed by atoms with van der Waals surface area (Å²) in [5, 5.41) is 13.1. The molecule has 98 valence electrons. The molecule has 2 N–H and O–H groups in total. The smallest absolute Gasteiger partial charge is 0.285 e. The largest absolute Gasteiger partial charge is 0.494 e. The summed E-state index contributed by atoms with van der Waals surface area (Å²) in [5.74, 6) is -4.30. The van der Waals surface area contributed by atoms with Crippen LogP contribution in [0.3, 0.4) is 0 Å². The third-order valence-electron chi connectivity index (χ3n) is 3.36. The SMILES string of the molecule is O=C1CCC(F)(n2cc3ccccc3c2O)C(=O)N1. The lowest BCUT2D eigenvalue weighted by Crippen LogP contribution is -2.51. The van der Waals surface area contributed by atoms with Gasteiger partial charge in [0, 0.05) is 29.8 Å². The molecule has 2 amide bonds. The average molecular weight is 262 g/mol. The van der Waals surface area contributed by atoms with E-state index in [0.717, 1.165) is 4.57 Å². The number of hydrogen-bond acceptors (Lipinski definition) is 3. The average Bonchev–Trinajstić information content (AvgIpc) is 2.73. The molecule has 5 nitrogen and oxygen atoms in total. The number of piperidine rings is 1. The zero-order chi connectivity index (χ0) is 13.6. The monoisotopic (exact) mass is 262 g/mol. The molecule has 0 saturated carbocycles. The maximum absolute atomic E-state index is 14.8. The van der Waals surface area contributed by atoms with Crippen LogP contribution in [-0.2, 0) is 15.4 Å². The Morgan fingerprint density at radius 3 is 2.74 bits per heavy atom. The van der Waals surface area contributed by atoms with E-state index in [-0.39, 0.29) is 18.7 Å². The number of fused-ring (bicyclic) bond motifs is 1. The summed E-state index contributed by atoms with van der Waals surface area (Å²) in [4.78, 5) is 22.8. The molecule has 1 saturated heterocycles. The van der Waals surface area contributed by atoms with E-state index < -0.39 is 17.6 Å². The van der Waals surface area contributed by atoms with Gasteiger partial charge in [0.2, 0.25) is 11.8 Å². The van der Waals surface area contributed by atoms with E-state index in [0.29, 0.717) is 10.8 Å². The van der Waals surface area contributed by atoms with Gasteiger partial charge in [-0.1, -0.05) is 18.2 Å². The van der Waals surface area contributed by atoms with Crippen molar-refractivity contribution in [2.45, 2.75) is 18.6 Å². The molecule has 1 aromatic carbocycles. The van der Waals surface area contributed by atoms with E-state index in [1.807, 2.05) is 5.32 Å². The summed E-state index contributed by atoms with van der Waals surface area (Å²) in [5.41, 5.74) is 0. The molecule has 1 atom stereocenters. The zero-order valence-corrected chi connectivity index (χ0v) is 9.89. The first-order chi connectivity index (χ1) is 9.02. The Bertz CT molecular complexity index is 694. The lowest BCUT2D eigenvalue weighted by atomic mass is 10.0. The fraction of sp³-hybridized carbons (Fsp3) is 0.231. The first kappa shape index (κ1) is 11.7. The minimum atomic E-state index is -2.43. The molecule has 1 unspecified atom stereocenters. The number of halogens is 1. The van der Waals surface area contributed by atoms with Gasteiger partial charge in [0.05, 0.1) is 0 Å². The summed E-state index contributed by atoms with van der Waals surface area (Å²) in [7, 11) is 0. The van der Waals surface area contributed by atoms with E-state index in [1.54, 1.807) is 24.3 Å². The van der Waals surface area contributed by atoms with Gasteiger partial charge in [-0.3, -0.25) is 19.5 Å². The minimum absolute atomic E-state index is 0.101. The van der Waals surface area contributed by atoms with Crippen molar-refractivity contribution in [1.29, 1.82) is 0 Å². The van der Waals surface area contributed by atoms with Crippen LogP contribution in [0.2, 0.25) is 0 Å². The van der Waals surface area contributed by atoms with E-state index >= 15 is 0 Å². The van der Waals surface area contributed by atoms with Crippen LogP contribution in [0.5, 0.6) is 5.88 Å². The Morgan fingerprint density at radius 1 is 1.32 bits per heavy atom. The van der Waals surface area contributed by atoms with Crippen LogP contribution < -0.4 is 5.32 Å². The Morgan fingerprint density at radius 2 is 2.05 bits per heavy atom. The van der Waals surface area contributed by atoms with Gasteiger partial charge in [-0.2, -0.15) is 0 Å². The van der Waals surface area contributed by atoms with Crippen LogP contribution in [0.15, 0.2) is 30.5 Å². The third-order valence-corrected chi connectivity index (χ3v) is 3.36. The number of rotatable bonds is 1. The summed E-state index contributed by atoms with van der Waals surface area (Å²) in [6.07, 6.45) is 0.989. The van der Waals surface area contributed by atoms with Crippen molar-refractivity contribution in [2.75, 3.05) is 0 Å². The number of benzene rings is 1. The molecule has 6 heteroatoms. The number of nitrogens with zero attached hydrogens (tertiary/aromatic N) is 1. The predicted octanol–water partition coefficient (Wildman–Crippen LogP) is 1.41.